The summed E-state index contributed by atoms with van der Waals surface area (Å²) in [5, 5.41) is 10.5. The van der Waals surface area contributed by atoms with Crippen molar-refractivity contribution in [2.75, 3.05) is 34.3 Å². The number of aliphatic hydroxyl groups excluding tert-OH is 1. The van der Waals surface area contributed by atoms with Crippen molar-refractivity contribution in [1.82, 2.24) is 9.80 Å². The van der Waals surface area contributed by atoms with Gasteiger partial charge in [0.25, 0.3) is 5.91 Å². The molecule has 0 saturated heterocycles. The summed E-state index contributed by atoms with van der Waals surface area (Å²) < 4.78 is 10.5. The Bertz CT molecular complexity index is 944. The Morgan fingerprint density at radius 1 is 1.31 bits per heavy atom. The first-order valence-corrected chi connectivity index (χ1v) is 9.21. The van der Waals surface area contributed by atoms with Crippen LogP contribution in [0.15, 0.2) is 64.5 Å². The molecular formula is C22H24N2O5. The molecule has 0 saturated carbocycles. The molecule has 2 heterocycles. The van der Waals surface area contributed by atoms with Gasteiger partial charge in [0.05, 0.1) is 25.0 Å². The standard InChI is InChI=1S/C22H24N2O5/c1-23(2)11-12-24-20(15-6-4-7-17(14-15)28-3)19(21(26)22(24)27)18(25)10-9-16-8-5-13-29-16/h4-10,13-14,20,26H,11-12H2,1-3H3. The number of carbonyl (C=O) groups is 2. The van der Waals surface area contributed by atoms with E-state index in [4.69, 9.17) is 9.15 Å². The first-order chi connectivity index (χ1) is 13.9. The van der Waals surface area contributed by atoms with Gasteiger partial charge in [0, 0.05) is 13.1 Å². The number of ketones is 1. The van der Waals surface area contributed by atoms with E-state index in [1.54, 1.807) is 37.4 Å². The summed E-state index contributed by atoms with van der Waals surface area (Å²) in [5.41, 5.74) is 0.736. The molecule has 7 heteroatoms. The molecule has 1 amide bonds. The van der Waals surface area contributed by atoms with Crippen LogP contribution in [-0.4, -0.2) is 60.9 Å². The minimum Gasteiger partial charge on any atom is -0.503 e. The van der Waals surface area contributed by atoms with Crippen LogP contribution in [0.4, 0.5) is 0 Å². The Balaban J connectivity index is 2.00. The number of furan rings is 1. The van der Waals surface area contributed by atoms with Crippen LogP contribution >= 0.6 is 0 Å². The highest BCUT2D eigenvalue weighted by Crippen LogP contribution is 2.38. The molecule has 0 radical (unpaired) electrons. The summed E-state index contributed by atoms with van der Waals surface area (Å²) in [7, 11) is 5.34. The molecule has 1 aliphatic heterocycles. The van der Waals surface area contributed by atoms with Crippen molar-refractivity contribution < 1.29 is 23.8 Å². The molecule has 0 spiro atoms. The molecule has 1 aromatic heterocycles. The summed E-state index contributed by atoms with van der Waals surface area (Å²) in [5.74, 6) is -0.426. The number of methoxy groups -OCH3 is 1. The number of rotatable bonds is 8. The molecule has 7 nitrogen and oxygen atoms in total. The quantitative estimate of drug-likeness (QED) is 0.691. The summed E-state index contributed by atoms with van der Waals surface area (Å²) in [4.78, 5) is 29.2. The molecule has 1 unspecified atom stereocenters. The van der Waals surface area contributed by atoms with Gasteiger partial charge < -0.3 is 24.1 Å². The van der Waals surface area contributed by atoms with E-state index in [2.05, 4.69) is 0 Å². The summed E-state index contributed by atoms with van der Waals surface area (Å²) in [6.45, 7) is 0.944. The van der Waals surface area contributed by atoms with Crippen LogP contribution in [0, 0.1) is 0 Å². The van der Waals surface area contributed by atoms with Gasteiger partial charge in [-0.15, -0.1) is 0 Å². The molecular weight excluding hydrogens is 372 g/mol. The minimum absolute atomic E-state index is 0.0461. The van der Waals surface area contributed by atoms with Gasteiger partial charge in [-0.25, -0.2) is 0 Å². The predicted molar refractivity (Wildman–Crippen MR) is 108 cm³/mol. The normalized spacial score (nSPS) is 17.0. The molecule has 152 valence electrons. The highest BCUT2D eigenvalue weighted by Gasteiger charge is 2.42. The Hall–Kier alpha value is -3.32. The van der Waals surface area contributed by atoms with Gasteiger partial charge in [0.2, 0.25) is 0 Å². The largest absolute Gasteiger partial charge is 0.503 e. The van der Waals surface area contributed by atoms with Crippen molar-refractivity contribution >= 4 is 17.8 Å². The van der Waals surface area contributed by atoms with Crippen LogP contribution in [0.5, 0.6) is 5.75 Å². The molecule has 0 aliphatic carbocycles. The van der Waals surface area contributed by atoms with Crippen molar-refractivity contribution in [2.45, 2.75) is 6.04 Å². The van der Waals surface area contributed by atoms with E-state index in [9.17, 15) is 14.7 Å². The zero-order valence-electron chi connectivity index (χ0n) is 16.7. The van der Waals surface area contributed by atoms with Crippen molar-refractivity contribution in [3.63, 3.8) is 0 Å². The maximum Gasteiger partial charge on any atom is 0.290 e. The molecule has 3 rings (SSSR count). The molecule has 1 atom stereocenters. The fourth-order valence-corrected chi connectivity index (χ4v) is 3.24. The summed E-state index contributed by atoms with van der Waals surface area (Å²) in [6, 6.07) is 9.87. The number of amides is 1. The molecule has 2 aromatic rings. The third-order valence-corrected chi connectivity index (χ3v) is 4.71. The van der Waals surface area contributed by atoms with Crippen LogP contribution in [0.3, 0.4) is 0 Å². The lowest BCUT2D eigenvalue weighted by Crippen LogP contribution is -2.36. The molecule has 29 heavy (non-hydrogen) atoms. The van der Waals surface area contributed by atoms with Gasteiger partial charge in [-0.05, 0) is 56.1 Å². The van der Waals surface area contributed by atoms with Gasteiger partial charge >= 0.3 is 0 Å². The Kier molecular flexibility index (Phi) is 6.19. The number of likely N-dealkylation sites (N-methyl/N-ethyl adjacent to an activating group) is 1. The lowest BCUT2D eigenvalue weighted by atomic mass is 9.95. The second-order valence-corrected chi connectivity index (χ2v) is 6.96. The number of allylic oxidation sites excluding steroid dienone is 1. The minimum atomic E-state index is -0.702. The number of hydrogen-bond donors (Lipinski definition) is 1. The van der Waals surface area contributed by atoms with E-state index in [0.717, 1.165) is 0 Å². The second kappa shape index (κ2) is 8.79. The molecule has 1 aliphatic rings. The number of carbonyl (C=O) groups excluding carboxylic acids is 2. The first kappa shape index (κ1) is 20.4. The van der Waals surface area contributed by atoms with Crippen molar-refractivity contribution in [3.05, 3.63) is 71.4 Å². The highest BCUT2D eigenvalue weighted by atomic mass is 16.5. The van der Waals surface area contributed by atoms with Crippen LogP contribution in [0.25, 0.3) is 6.08 Å². The third-order valence-electron chi connectivity index (χ3n) is 4.71. The van der Waals surface area contributed by atoms with Crippen molar-refractivity contribution in [2.24, 2.45) is 0 Å². The third kappa shape index (κ3) is 4.41. The van der Waals surface area contributed by atoms with Crippen molar-refractivity contribution in [1.29, 1.82) is 0 Å². The Labute approximate surface area is 169 Å². The monoisotopic (exact) mass is 396 g/mol. The highest BCUT2D eigenvalue weighted by molar-refractivity contribution is 6.14. The maximum atomic E-state index is 13.0. The number of hydrogen-bond acceptors (Lipinski definition) is 6. The fourth-order valence-electron chi connectivity index (χ4n) is 3.24. The van der Waals surface area contributed by atoms with Crippen LogP contribution in [0.1, 0.15) is 17.4 Å². The van der Waals surface area contributed by atoms with Gasteiger partial charge in [0.1, 0.15) is 11.5 Å². The van der Waals surface area contributed by atoms with E-state index in [1.807, 2.05) is 25.1 Å². The van der Waals surface area contributed by atoms with E-state index in [1.165, 1.54) is 23.3 Å². The number of aliphatic hydroxyl groups is 1. The smallest absolute Gasteiger partial charge is 0.290 e. The Morgan fingerprint density at radius 3 is 2.76 bits per heavy atom. The zero-order chi connectivity index (χ0) is 21.0. The van der Waals surface area contributed by atoms with Gasteiger partial charge in [-0.2, -0.15) is 0 Å². The van der Waals surface area contributed by atoms with Gasteiger partial charge in [-0.3, -0.25) is 9.59 Å². The SMILES string of the molecule is COc1cccc(C2C(C(=O)C=Cc3ccco3)=C(O)C(=O)N2CCN(C)C)c1. The number of benzene rings is 1. The summed E-state index contributed by atoms with van der Waals surface area (Å²) in [6.07, 6.45) is 4.32. The Morgan fingerprint density at radius 2 is 2.10 bits per heavy atom. The van der Waals surface area contributed by atoms with E-state index in [0.29, 0.717) is 30.2 Å². The second-order valence-electron chi connectivity index (χ2n) is 6.96. The van der Waals surface area contributed by atoms with Crippen LogP contribution in [-0.2, 0) is 9.59 Å². The molecule has 1 aromatic carbocycles. The first-order valence-electron chi connectivity index (χ1n) is 9.21. The van der Waals surface area contributed by atoms with Crippen LogP contribution in [0.2, 0.25) is 0 Å². The molecule has 0 fully saturated rings. The zero-order valence-corrected chi connectivity index (χ0v) is 16.7. The summed E-state index contributed by atoms with van der Waals surface area (Å²) >= 11 is 0. The fraction of sp³-hybridized carbons (Fsp3) is 0.273. The topological polar surface area (TPSA) is 83.2 Å². The van der Waals surface area contributed by atoms with E-state index >= 15 is 0 Å². The number of nitrogens with zero attached hydrogens (tertiary/aromatic N) is 2. The van der Waals surface area contributed by atoms with E-state index in [-0.39, 0.29) is 5.57 Å². The maximum absolute atomic E-state index is 13.0. The van der Waals surface area contributed by atoms with Gasteiger partial charge in [-0.1, -0.05) is 12.1 Å². The number of ether oxygens (including phenoxy) is 1. The van der Waals surface area contributed by atoms with E-state index < -0.39 is 23.5 Å². The average Bonchev–Trinajstić information content (AvgIpc) is 3.32. The predicted octanol–water partition coefficient (Wildman–Crippen LogP) is 2.83. The van der Waals surface area contributed by atoms with Gasteiger partial charge in [0.15, 0.2) is 11.5 Å². The van der Waals surface area contributed by atoms with Crippen molar-refractivity contribution in [3.8, 4) is 5.75 Å². The average molecular weight is 396 g/mol. The molecule has 1 N–H and O–H groups in total. The van der Waals surface area contributed by atoms with Crippen LogP contribution < -0.4 is 4.74 Å². The lowest BCUT2D eigenvalue weighted by Gasteiger charge is -2.28. The molecule has 0 bridgehead atoms. The lowest BCUT2D eigenvalue weighted by molar-refractivity contribution is -0.129.